The first-order valence-electron chi connectivity index (χ1n) is 8.35. The Labute approximate surface area is 154 Å². The number of aliphatic imine (C=N–C) groups is 2. The highest BCUT2D eigenvalue weighted by molar-refractivity contribution is 6.54. The van der Waals surface area contributed by atoms with Crippen LogP contribution in [0.2, 0.25) is 0 Å². The molecule has 0 unspecified atom stereocenters. The maximum atomic E-state index is 13.8. The molecule has 0 saturated heterocycles. The summed E-state index contributed by atoms with van der Waals surface area (Å²) in [6.07, 6.45) is 1.30. The minimum atomic E-state index is -0.731. The average Bonchev–Trinajstić information content (AvgIpc) is 3.04. The molecule has 1 aliphatic heterocycles. The van der Waals surface area contributed by atoms with Crippen LogP contribution in [0, 0.1) is 11.6 Å². The number of nitrogens with zero attached hydrogens (tertiary/aromatic N) is 3. The molecule has 140 valence electrons. The van der Waals surface area contributed by atoms with Gasteiger partial charge >= 0.3 is 0 Å². The van der Waals surface area contributed by atoms with E-state index in [2.05, 4.69) is 20.0 Å². The predicted molar refractivity (Wildman–Crippen MR) is 95.9 cm³/mol. The van der Waals surface area contributed by atoms with Crippen molar-refractivity contribution in [3.63, 3.8) is 0 Å². The van der Waals surface area contributed by atoms with Crippen molar-refractivity contribution in [3.05, 3.63) is 53.1 Å². The van der Waals surface area contributed by atoms with Crippen molar-refractivity contribution in [2.24, 2.45) is 9.98 Å². The zero-order valence-corrected chi connectivity index (χ0v) is 15.1. The molecule has 2 aromatic rings. The maximum absolute atomic E-state index is 13.8. The number of amides is 2. The molecule has 1 N–H and O–H groups in total. The number of imidazole rings is 1. The number of halogens is 2. The van der Waals surface area contributed by atoms with E-state index in [1.807, 2.05) is 20.8 Å². The zero-order valence-electron chi connectivity index (χ0n) is 15.1. The van der Waals surface area contributed by atoms with Crippen molar-refractivity contribution in [2.75, 3.05) is 0 Å². The molecule has 8 heteroatoms. The topological polar surface area (TPSA) is 87.5 Å². The third kappa shape index (κ3) is 4.05. The Kier molecular flexibility index (Phi) is 4.82. The molecule has 0 bridgehead atoms. The first-order valence-corrected chi connectivity index (χ1v) is 8.35. The lowest BCUT2D eigenvalue weighted by molar-refractivity contribution is -0.115. The first kappa shape index (κ1) is 18.8. The minimum absolute atomic E-state index is 0.0155. The van der Waals surface area contributed by atoms with E-state index in [-0.39, 0.29) is 35.2 Å². The Bertz CT molecular complexity index is 984. The molecule has 0 fully saturated rings. The number of hydrogen-bond donors (Lipinski definition) is 1. The molecule has 6 nitrogen and oxygen atoms in total. The Morgan fingerprint density at radius 3 is 2.26 bits per heavy atom. The number of aromatic nitrogens is 2. The van der Waals surface area contributed by atoms with Gasteiger partial charge in [0.2, 0.25) is 0 Å². The van der Waals surface area contributed by atoms with Crippen molar-refractivity contribution >= 4 is 23.2 Å². The van der Waals surface area contributed by atoms with Gasteiger partial charge in [-0.15, -0.1) is 0 Å². The molecule has 3 rings (SSSR count). The summed E-state index contributed by atoms with van der Waals surface area (Å²) >= 11 is 0. The van der Waals surface area contributed by atoms with Crippen molar-refractivity contribution in [1.82, 2.24) is 9.97 Å². The summed E-state index contributed by atoms with van der Waals surface area (Å²) in [6, 6.07) is 2.90. The van der Waals surface area contributed by atoms with Crippen LogP contribution in [-0.4, -0.2) is 33.2 Å². The maximum Gasteiger partial charge on any atom is 0.292 e. The Hall–Kier alpha value is -3.03. The van der Waals surface area contributed by atoms with Crippen LogP contribution in [0.25, 0.3) is 0 Å². The van der Waals surface area contributed by atoms with Gasteiger partial charge in [-0.1, -0.05) is 20.8 Å². The van der Waals surface area contributed by atoms with Gasteiger partial charge in [-0.2, -0.15) is 0 Å². The number of aromatic amines is 1. The molecule has 27 heavy (non-hydrogen) atoms. The van der Waals surface area contributed by atoms with Crippen LogP contribution < -0.4 is 0 Å². The molecular formula is C19H18F2N4O2. The second kappa shape index (κ2) is 6.94. The standard InChI is InChI=1S/C19H18F2N4O2/c1-19(2,3)16-13(22-9-23-16)8-15-18(27)24-14(17(26)25-15)7-10-6-11(20)4-5-12(10)21/h4-6,9H,7-8H2,1-3H3,(H,22,23). The van der Waals surface area contributed by atoms with E-state index in [9.17, 15) is 18.4 Å². The summed E-state index contributed by atoms with van der Waals surface area (Å²) in [5.74, 6) is -2.72. The van der Waals surface area contributed by atoms with Gasteiger partial charge in [-0.25, -0.2) is 23.7 Å². The number of H-pyrrole nitrogens is 1. The van der Waals surface area contributed by atoms with Gasteiger partial charge < -0.3 is 4.98 Å². The van der Waals surface area contributed by atoms with E-state index in [4.69, 9.17) is 0 Å². The molecule has 1 aromatic heterocycles. The van der Waals surface area contributed by atoms with E-state index in [0.29, 0.717) is 5.69 Å². The molecule has 0 spiro atoms. The highest BCUT2D eigenvalue weighted by Crippen LogP contribution is 2.23. The van der Waals surface area contributed by atoms with E-state index >= 15 is 0 Å². The van der Waals surface area contributed by atoms with Gasteiger partial charge in [0, 0.05) is 24.0 Å². The van der Waals surface area contributed by atoms with Gasteiger partial charge in [0.15, 0.2) is 0 Å². The molecule has 0 saturated carbocycles. The largest absolute Gasteiger partial charge is 0.348 e. The smallest absolute Gasteiger partial charge is 0.292 e. The van der Waals surface area contributed by atoms with Gasteiger partial charge in [0.25, 0.3) is 11.8 Å². The van der Waals surface area contributed by atoms with Crippen molar-refractivity contribution in [3.8, 4) is 0 Å². The zero-order chi connectivity index (χ0) is 19.8. The van der Waals surface area contributed by atoms with E-state index < -0.39 is 23.4 Å². The van der Waals surface area contributed by atoms with Crippen molar-refractivity contribution < 1.29 is 18.4 Å². The summed E-state index contributed by atoms with van der Waals surface area (Å²) in [7, 11) is 0. The van der Waals surface area contributed by atoms with Gasteiger partial charge in [-0.05, 0) is 23.8 Å². The molecule has 2 heterocycles. The molecule has 0 aliphatic carbocycles. The van der Waals surface area contributed by atoms with Crippen LogP contribution in [0.3, 0.4) is 0 Å². The summed E-state index contributed by atoms with van der Waals surface area (Å²) in [5, 5.41) is 0. The molecule has 0 atom stereocenters. The summed E-state index contributed by atoms with van der Waals surface area (Å²) in [4.78, 5) is 39.4. The summed E-state index contributed by atoms with van der Waals surface area (Å²) in [6.45, 7) is 5.93. The van der Waals surface area contributed by atoms with Gasteiger partial charge in [0.05, 0.1) is 12.0 Å². The van der Waals surface area contributed by atoms with Crippen molar-refractivity contribution in [2.45, 2.75) is 39.0 Å². The normalized spacial score (nSPS) is 15.0. The van der Waals surface area contributed by atoms with E-state index in [1.165, 1.54) is 6.33 Å². The predicted octanol–water partition coefficient (Wildman–Crippen LogP) is 2.72. The third-order valence-electron chi connectivity index (χ3n) is 4.11. The number of nitrogens with one attached hydrogen (secondary N) is 1. The van der Waals surface area contributed by atoms with Crippen LogP contribution in [0.4, 0.5) is 8.78 Å². The number of rotatable bonds is 4. The highest BCUT2D eigenvalue weighted by atomic mass is 19.1. The Morgan fingerprint density at radius 1 is 1.00 bits per heavy atom. The fourth-order valence-corrected chi connectivity index (χ4v) is 2.83. The van der Waals surface area contributed by atoms with Crippen LogP contribution in [0.1, 0.15) is 37.7 Å². The molecule has 2 amide bonds. The molecule has 1 aliphatic rings. The Morgan fingerprint density at radius 2 is 1.63 bits per heavy atom. The van der Waals surface area contributed by atoms with Crippen LogP contribution in [0.5, 0.6) is 0 Å². The molecule has 0 radical (unpaired) electrons. The fraction of sp³-hybridized carbons (Fsp3) is 0.316. The summed E-state index contributed by atoms with van der Waals surface area (Å²) in [5.41, 5.74) is 0.907. The lowest BCUT2D eigenvalue weighted by Gasteiger charge is -2.18. The number of benzene rings is 1. The first-order chi connectivity index (χ1) is 12.6. The van der Waals surface area contributed by atoms with E-state index in [0.717, 1.165) is 23.9 Å². The number of hydrogen-bond acceptors (Lipinski definition) is 3. The number of carbonyl (C=O) groups excluding carboxylic acids is 2. The monoisotopic (exact) mass is 372 g/mol. The van der Waals surface area contributed by atoms with Crippen molar-refractivity contribution in [1.29, 1.82) is 0 Å². The lowest BCUT2D eigenvalue weighted by Crippen LogP contribution is -2.30. The third-order valence-corrected chi connectivity index (χ3v) is 4.11. The SMILES string of the molecule is CC(C)(C)c1nc[nH]c1CC1=NC(=O)C(Cc2cc(F)ccc2F)=NC1=O. The minimum Gasteiger partial charge on any atom is -0.348 e. The highest BCUT2D eigenvalue weighted by Gasteiger charge is 2.28. The fourth-order valence-electron chi connectivity index (χ4n) is 2.83. The average molecular weight is 372 g/mol. The van der Waals surface area contributed by atoms with Crippen LogP contribution in [-0.2, 0) is 27.8 Å². The van der Waals surface area contributed by atoms with Gasteiger partial charge in [-0.3, -0.25) is 9.59 Å². The van der Waals surface area contributed by atoms with Crippen LogP contribution in [0.15, 0.2) is 34.5 Å². The Balaban J connectivity index is 1.81. The second-order valence-electron chi connectivity index (χ2n) is 7.30. The number of carbonyl (C=O) groups is 2. The quantitative estimate of drug-likeness (QED) is 0.895. The second-order valence-corrected chi connectivity index (χ2v) is 7.30. The van der Waals surface area contributed by atoms with Gasteiger partial charge in [0.1, 0.15) is 23.1 Å². The molecule has 1 aromatic carbocycles. The lowest BCUT2D eigenvalue weighted by atomic mass is 9.89. The molecular weight excluding hydrogens is 354 g/mol. The van der Waals surface area contributed by atoms with Crippen LogP contribution >= 0.6 is 0 Å². The van der Waals surface area contributed by atoms with E-state index in [1.54, 1.807) is 0 Å². The summed E-state index contributed by atoms with van der Waals surface area (Å²) < 4.78 is 27.1.